The lowest BCUT2D eigenvalue weighted by molar-refractivity contribution is -0.305. The first kappa shape index (κ1) is 66.1. The first-order valence-corrected chi connectivity index (χ1v) is 28.7. The van der Waals surface area contributed by atoms with E-state index in [2.05, 4.69) is 74.7 Å². The fourth-order valence-corrected chi connectivity index (χ4v) is 8.47. The van der Waals surface area contributed by atoms with Crippen LogP contribution in [0.4, 0.5) is 0 Å². The van der Waals surface area contributed by atoms with Crippen molar-refractivity contribution < 1.29 is 49.3 Å². The van der Waals surface area contributed by atoms with Crippen molar-refractivity contribution in [3.63, 3.8) is 0 Å². The average molecular weight is 1000 g/mol. The molecule has 11 heteroatoms. The van der Waals surface area contributed by atoms with E-state index in [1.807, 2.05) is 18.2 Å². The van der Waals surface area contributed by atoms with E-state index in [9.17, 15) is 35.1 Å². The molecule has 1 aliphatic rings. The largest absolute Gasteiger partial charge is 0.454 e. The van der Waals surface area contributed by atoms with Gasteiger partial charge in [0.25, 0.3) is 0 Å². The lowest BCUT2D eigenvalue weighted by atomic mass is 9.99. The molecule has 6 N–H and O–H groups in total. The maximum absolute atomic E-state index is 13.4. The molecule has 1 aliphatic heterocycles. The third kappa shape index (κ3) is 36.6. The highest BCUT2D eigenvalue weighted by molar-refractivity contribution is 5.80. The third-order valence-electron chi connectivity index (χ3n) is 13.1. The zero-order chi connectivity index (χ0) is 51.8. The molecule has 0 spiro atoms. The van der Waals surface area contributed by atoms with Crippen LogP contribution in [0, 0.1) is 0 Å². The van der Waals surface area contributed by atoms with E-state index >= 15 is 0 Å². The molecule has 71 heavy (non-hydrogen) atoms. The highest BCUT2D eigenvalue weighted by atomic mass is 16.7. The van der Waals surface area contributed by atoms with Gasteiger partial charge in [-0.1, -0.05) is 216 Å². The molecule has 1 rings (SSSR count). The minimum absolute atomic E-state index is 0.0124. The lowest BCUT2D eigenvalue weighted by Crippen LogP contribution is -2.61. The van der Waals surface area contributed by atoms with Crippen LogP contribution in [0.5, 0.6) is 0 Å². The predicted molar refractivity (Wildman–Crippen MR) is 292 cm³/mol. The maximum Gasteiger partial charge on any atom is 0.306 e. The van der Waals surface area contributed by atoms with Gasteiger partial charge >= 0.3 is 5.97 Å². The number of hydrogen-bond donors (Lipinski definition) is 6. The number of aliphatic hydroxyl groups is 5. The van der Waals surface area contributed by atoms with Crippen molar-refractivity contribution in [3.8, 4) is 0 Å². The Hall–Kier alpha value is -2.90. The summed E-state index contributed by atoms with van der Waals surface area (Å²) in [5.74, 6) is -1.29. The summed E-state index contributed by atoms with van der Waals surface area (Å²) in [4.78, 5) is 26.4. The van der Waals surface area contributed by atoms with Crippen LogP contribution in [-0.4, -0.2) is 99.6 Å². The number of unbranched alkanes of at least 4 members (excludes halogenated alkanes) is 23. The van der Waals surface area contributed by atoms with Gasteiger partial charge in [0.15, 0.2) is 12.4 Å². The molecule has 1 saturated heterocycles. The average Bonchev–Trinajstić information content (AvgIpc) is 3.37. The summed E-state index contributed by atoms with van der Waals surface area (Å²) in [5.41, 5.74) is 0. The van der Waals surface area contributed by atoms with E-state index in [0.29, 0.717) is 12.8 Å². The summed E-state index contributed by atoms with van der Waals surface area (Å²) in [6, 6.07) is -1.05. The lowest BCUT2D eigenvalue weighted by Gasteiger charge is -2.41. The maximum atomic E-state index is 13.4. The Morgan fingerprint density at radius 2 is 0.972 bits per heavy atom. The SMILES string of the molecule is CCCCC/C=C\C/C=C\C/C=C\CCCCCC(O)C(=O)NC(COC1OC(CO)C(O)C(O)C1OC(=O)CC/C=C/C/C=C\CCCCCCCC)C(O)/C=C/CCCCCCCCCCCCC. The van der Waals surface area contributed by atoms with Gasteiger partial charge in [0.05, 0.1) is 25.4 Å². The Kier molecular flexibility index (Phi) is 44.8. The van der Waals surface area contributed by atoms with Crippen LogP contribution in [0.3, 0.4) is 0 Å². The van der Waals surface area contributed by atoms with Crippen molar-refractivity contribution in [2.75, 3.05) is 13.2 Å². The van der Waals surface area contributed by atoms with Gasteiger partial charge in [0.1, 0.15) is 24.4 Å². The van der Waals surface area contributed by atoms with Crippen LogP contribution in [0.15, 0.2) is 72.9 Å². The standard InChI is InChI=1S/C60H105NO10/c1-4-7-10-13-16-19-22-25-26-27-30-32-35-38-41-44-47-53(64)59(68)61-51(52(63)46-43-40-37-34-31-28-23-20-17-14-11-8-5-2)50-69-60-58(57(67)56(66)54(49-62)70-60)71-55(65)48-45-42-39-36-33-29-24-21-18-15-12-9-6-3/h16,19,25-26,29-30,32-33,39,42-43,46,51-54,56-58,60,62-64,66-67H,4-15,17-18,20-24,27-28,31,34-38,40-41,44-45,47-50H2,1-3H3,(H,61,68)/b19-16-,26-25-,32-30-,33-29-,42-39+,46-43+. The number of allylic oxidation sites excluding steroid dienone is 11. The normalized spacial score (nSPS) is 20.1. The van der Waals surface area contributed by atoms with Crippen LogP contribution >= 0.6 is 0 Å². The van der Waals surface area contributed by atoms with Crippen LogP contribution in [0.1, 0.15) is 233 Å². The summed E-state index contributed by atoms with van der Waals surface area (Å²) in [6.45, 7) is 5.69. The zero-order valence-corrected chi connectivity index (χ0v) is 45.1. The second-order valence-electron chi connectivity index (χ2n) is 19.7. The smallest absolute Gasteiger partial charge is 0.306 e. The number of rotatable bonds is 47. The Morgan fingerprint density at radius 1 is 0.549 bits per heavy atom. The van der Waals surface area contributed by atoms with Crippen LogP contribution < -0.4 is 5.32 Å². The van der Waals surface area contributed by atoms with Gasteiger partial charge in [-0.15, -0.1) is 0 Å². The molecule has 0 aromatic carbocycles. The molecule has 0 radical (unpaired) electrons. The minimum atomic E-state index is -1.64. The highest BCUT2D eigenvalue weighted by Crippen LogP contribution is 2.26. The van der Waals surface area contributed by atoms with Crippen LogP contribution in [-0.2, 0) is 23.8 Å². The summed E-state index contributed by atoms with van der Waals surface area (Å²) < 4.78 is 17.5. The van der Waals surface area contributed by atoms with Crippen LogP contribution in [0.2, 0.25) is 0 Å². The molecule has 1 fully saturated rings. The first-order valence-electron chi connectivity index (χ1n) is 28.7. The monoisotopic (exact) mass is 1000 g/mol. The van der Waals surface area contributed by atoms with E-state index < -0.39 is 67.4 Å². The molecule has 8 unspecified atom stereocenters. The van der Waals surface area contributed by atoms with Gasteiger partial charge in [-0.25, -0.2) is 0 Å². The Morgan fingerprint density at radius 3 is 1.48 bits per heavy atom. The Bertz CT molecular complexity index is 1430. The second kappa shape index (κ2) is 48.1. The van der Waals surface area contributed by atoms with E-state index in [1.54, 1.807) is 6.08 Å². The highest BCUT2D eigenvalue weighted by Gasteiger charge is 2.47. The van der Waals surface area contributed by atoms with Crippen molar-refractivity contribution in [1.82, 2.24) is 5.32 Å². The molecule has 0 aliphatic carbocycles. The second-order valence-corrected chi connectivity index (χ2v) is 19.7. The molecule has 0 saturated carbocycles. The zero-order valence-electron chi connectivity index (χ0n) is 45.1. The number of hydrogen-bond acceptors (Lipinski definition) is 10. The van der Waals surface area contributed by atoms with Gasteiger partial charge in [-0.3, -0.25) is 9.59 Å². The van der Waals surface area contributed by atoms with Gasteiger partial charge in [0, 0.05) is 6.42 Å². The molecule has 410 valence electrons. The molecule has 1 amide bonds. The fraction of sp³-hybridized carbons (Fsp3) is 0.767. The van der Waals surface area contributed by atoms with E-state index in [0.717, 1.165) is 77.0 Å². The van der Waals surface area contributed by atoms with Gasteiger partial charge < -0.3 is 45.1 Å². The van der Waals surface area contributed by atoms with Gasteiger partial charge in [0.2, 0.25) is 5.91 Å². The number of carbonyl (C=O) groups excluding carboxylic acids is 2. The number of aliphatic hydroxyl groups excluding tert-OH is 5. The molecular weight excluding hydrogens is 895 g/mol. The molecule has 0 aromatic heterocycles. The predicted octanol–water partition coefficient (Wildman–Crippen LogP) is 12.8. The van der Waals surface area contributed by atoms with Crippen molar-refractivity contribution in [1.29, 1.82) is 0 Å². The summed E-state index contributed by atoms with van der Waals surface area (Å²) in [6.07, 6.45) is 49.6. The molecule has 8 atom stereocenters. The molecule has 0 bridgehead atoms. The number of esters is 1. The van der Waals surface area contributed by atoms with Gasteiger partial charge in [-0.2, -0.15) is 0 Å². The third-order valence-corrected chi connectivity index (χ3v) is 13.1. The van der Waals surface area contributed by atoms with E-state index in [4.69, 9.17) is 14.2 Å². The number of carbonyl (C=O) groups is 2. The van der Waals surface area contributed by atoms with Crippen molar-refractivity contribution >= 4 is 11.9 Å². The molecule has 1 heterocycles. The van der Waals surface area contributed by atoms with Gasteiger partial charge in [-0.05, 0) is 83.5 Å². The van der Waals surface area contributed by atoms with Crippen molar-refractivity contribution in [3.05, 3.63) is 72.9 Å². The van der Waals surface area contributed by atoms with Crippen molar-refractivity contribution in [2.45, 2.75) is 282 Å². The van der Waals surface area contributed by atoms with E-state index in [-0.39, 0.29) is 19.4 Å². The topological polar surface area (TPSA) is 175 Å². The summed E-state index contributed by atoms with van der Waals surface area (Å²) in [7, 11) is 0. The summed E-state index contributed by atoms with van der Waals surface area (Å²) in [5, 5.41) is 56.7. The van der Waals surface area contributed by atoms with Crippen molar-refractivity contribution in [2.24, 2.45) is 0 Å². The number of amides is 1. The number of ether oxygens (including phenoxy) is 3. The van der Waals surface area contributed by atoms with Crippen LogP contribution in [0.25, 0.3) is 0 Å². The Balaban J connectivity index is 2.80. The van der Waals surface area contributed by atoms with E-state index in [1.165, 1.54) is 109 Å². The summed E-state index contributed by atoms with van der Waals surface area (Å²) >= 11 is 0. The minimum Gasteiger partial charge on any atom is -0.454 e. The molecule has 11 nitrogen and oxygen atoms in total. The fourth-order valence-electron chi connectivity index (χ4n) is 8.47. The first-order chi connectivity index (χ1) is 34.7. The quantitative estimate of drug-likeness (QED) is 0.0196. The number of nitrogens with one attached hydrogen (secondary N) is 1. The Labute approximate surface area is 432 Å². The molecule has 0 aromatic rings. The molecular formula is C60H105NO10.